The number of nitrogens with zero attached hydrogens (tertiary/aromatic N) is 4. The Morgan fingerprint density at radius 1 is 0.778 bits per heavy atom. The van der Waals surface area contributed by atoms with Gasteiger partial charge in [0.25, 0.3) is 0 Å². The zero-order valence-electron chi connectivity index (χ0n) is 16.1. The molecule has 0 atom stereocenters. The van der Waals surface area contributed by atoms with Crippen LogP contribution in [0.5, 0.6) is 0 Å². The molecule has 0 saturated carbocycles. The molecule has 4 rings (SSSR count). The molecule has 2 aromatic heterocycles. The zero-order valence-corrected chi connectivity index (χ0v) is 16.1. The molecular formula is C23H22N4. The van der Waals surface area contributed by atoms with Gasteiger partial charge in [0.1, 0.15) is 11.3 Å². The van der Waals surface area contributed by atoms with E-state index in [0.29, 0.717) is 0 Å². The summed E-state index contributed by atoms with van der Waals surface area (Å²) in [5.74, 6) is 0.757. The summed E-state index contributed by atoms with van der Waals surface area (Å²) in [5, 5.41) is 9.22. The summed E-state index contributed by atoms with van der Waals surface area (Å²) in [7, 11) is 0. The fourth-order valence-electron chi connectivity index (χ4n) is 3.16. The lowest BCUT2D eigenvalue weighted by Gasteiger charge is -2.04. The molecular weight excluding hydrogens is 332 g/mol. The van der Waals surface area contributed by atoms with Crippen molar-refractivity contribution in [3.05, 3.63) is 83.0 Å². The quantitative estimate of drug-likeness (QED) is 0.380. The summed E-state index contributed by atoms with van der Waals surface area (Å²) in [6.07, 6.45) is 0. The van der Waals surface area contributed by atoms with Crippen molar-refractivity contribution in [2.45, 2.75) is 27.7 Å². The molecule has 0 aliphatic carbocycles. The number of hydrogen-bond acceptors (Lipinski definition) is 3. The Labute approximate surface area is 159 Å². The molecule has 0 amide bonds. The fraction of sp³-hybridized carbons (Fsp3) is 0.174. The molecule has 2 heterocycles. The molecule has 0 N–H and O–H groups in total. The summed E-state index contributed by atoms with van der Waals surface area (Å²) >= 11 is 0. The Bertz CT molecular complexity index is 1150. The summed E-state index contributed by atoms with van der Waals surface area (Å²) in [6, 6.07) is 20.7. The Morgan fingerprint density at radius 2 is 1.52 bits per heavy atom. The SMILES string of the molecule is Cc1ccc(-c2nc3cccc(C)n3c2N=Nc2cc(C)ccc2C)cc1. The fourth-order valence-corrected chi connectivity index (χ4v) is 3.16. The smallest absolute Gasteiger partial charge is 0.187 e. The van der Waals surface area contributed by atoms with Gasteiger partial charge in [0.05, 0.1) is 5.69 Å². The lowest BCUT2D eigenvalue weighted by Crippen LogP contribution is -1.89. The summed E-state index contributed by atoms with van der Waals surface area (Å²) in [5.41, 5.74) is 8.21. The van der Waals surface area contributed by atoms with E-state index >= 15 is 0 Å². The van der Waals surface area contributed by atoms with E-state index in [1.54, 1.807) is 0 Å². The normalized spacial score (nSPS) is 11.6. The first-order valence-electron chi connectivity index (χ1n) is 9.07. The van der Waals surface area contributed by atoms with Gasteiger partial charge in [0.15, 0.2) is 5.82 Å². The van der Waals surface area contributed by atoms with E-state index in [2.05, 4.69) is 90.9 Å². The molecule has 4 aromatic rings. The number of aryl methyl sites for hydroxylation is 4. The number of fused-ring (bicyclic) bond motifs is 1. The Balaban J connectivity index is 1.92. The Hall–Kier alpha value is -3.27. The third-order valence-corrected chi connectivity index (χ3v) is 4.76. The first kappa shape index (κ1) is 17.2. The largest absolute Gasteiger partial charge is 0.280 e. The van der Waals surface area contributed by atoms with Gasteiger partial charge in [-0.1, -0.05) is 48.0 Å². The molecule has 0 bridgehead atoms. The molecule has 4 nitrogen and oxygen atoms in total. The summed E-state index contributed by atoms with van der Waals surface area (Å²) in [6.45, 7) is 8.26. The van der Waals surface area contributed by atoms with Crippen molar-refractivity contribution in [1.82, 2.24) is 9.38 Å². The van der Waals surface area contributed by atoms with Crippen molar-refractivity contribution < 1.29 is 0 Å². The van der Waals surface area contributed by atoms with Crippen molar-refractivity contribution in [1.29, 1.82) is 0 Å². The number of hydrogen-bond donors (Lipinski definition) is 0. The second kappa shape index (κ2) is 6.80. The van der Waals surface area contributed by atoms with Crippen molar-refractivity contribution in [2.24, 2.45) is 10.2 Å². The highest BCUT2D eigenvalue weighted by Gasteiger charge is 2.15. The van der Waals surface area contributed by atoms with Crippen LogP contribution in [0.1, 0.15) is 22.4 Å². The molecule has 0 fully saturated rings. The van der Waals surface area contributed by atoms with E-state index in [9.17, 15) is 0 Å². The topological polar surface area (TPSA) is 42.0 Å². The van der Waals surface area contributed by atoms with Gasteiger partial charge < -0.3 is 0 Å². The summed E-state index contributed by atoms with van der Waals surface area (Å²) in [4.78, 5) is 4.83. The molecule has 0 unspecified atom stereocenters. The number of aromatic nitrogens is 2. The van der Waals surface area contributed by atoms with Gasteiger partial charge in [-0.05, 0) is 57.0 Å². The molecule has 0 aliphatic rings. The average Bonchev–Trinajstić information content (AvgIpc) is 3.03. The van der Waals surface area contributed by atoms with E-state index in [1.165, 1.54) is 11.1 Å². The van der Waals surface area contributed by atoms with Gasteiger partial charge in [0.2, 0.25) is 0 Å². The Kier molecular flexibility index (Phi) is 4.32. The van der Waals surface area contributed by atoms with Crippen LogP contribution >= 0.6 is 0 Å². The molecule has 0 aliphatic heterocycles. The van der Waals surface area contributed by atoms with Crippen molar-refractivity contribution in [3.8, 4) is 11.3 Å². The van der Waals surface area contributed by atoms with Gasteiger partial charge >= 0.3 is 0 Å². The predicted molar refractivity (Wildman–Crippen MR) is 110 cm³/mol. The zero-order chi connectivity index (χ0) is 19.0. The lowest BCUT2D eigenvalue weighted by molar-refractivity contribution is 1.05. The minimum Gasteiger partial charge on any atom is -0.280 e. The maximum Gasteiger partial charge on any atom is 0.187 e. The minimum absolute atomic E-state index is 0.757. The van der Waals surface area contributed by atoms with E-state index in [0.717, 1.165) is 39.7 Å². The number of imidazole rings is 1. The average molecular weight is 354 g/mol. The van der Waals surface area contributed by atoms with Crippen LogP contribution in [0.3, 0.4) is 0 Å². The van der Waals surface area contributed by atoms with Gasteiger partial charge in [-0.3, -0.25) is 4.40 Å². The molecule has 134 valence electrons. The number of pyridine rings is 1. The van der Waals surface area contributed by atoms with E-state index in [4.69, 9.17) is 4.98 Å². The third kappa shape index (κ3) is 3.26. The molecule has 0 saturated heterocycles. The van der Waals surface area contributed by atoms with Crippen LogP contribution in [0.2, 0.25) is 0 Å². The predicted octanol–water partition coefficient (Wildman–Crippen LogP) is 6.65. The summed E-state index contributed by atoms with van der Waals surface area (Å²) < 4.78 is 2.06. The maximum absolute atomic E-state index is 4.83. The van der Waals surface area contributed by atoms with Crippen LogP contribution in [-0.4, -0.2) is 9.38 Å². The van der Waals surface area contributed by atoms with Crippen molar-refractivity contribution in [2.75, 3.05) is 0 Å². The van der Waals surface area contributed by atoms with Crippen LogP contribution in [-0.2, 0) is 0 Å². The number of azo groups is 1. The van der Waals surface area contributed by atoms with Gasteiger partial charge in [0, 0.05) is 11.3 Å². The third-order valence-electron chi connectivity index (χ3n) is 4.76. The highest BCUT2D eigenvalue weighted by atomic mass is 15.2. The van der Waals surface area contributed by atoms with Gasteiger partial charge in [-0.2, -0.15) is 0 Å². The molecule has 0 spiro atoms. The van der Waals surface area contributed by atoms with Crippen LogP contribution in [0.15, 0.2) is 70.9 Å². The monoisotopic (exact) mass is 354 g/mol. The maximum atomic E-state index is 4.83. The minimum atomic E-state index is 0.757. The van der Waals surface area contributed by atoms with E-state index in [1.807, 2.05) is 12.1 Å². The van der Waals surface area contributed by atoms with Crippen molar-refractivity contribution in [3.63, 3.8) is 0 Å². The van der Waals surface area contributed by atoms with Crippen LogP contribution < -0.4 is 0 Å². The highest BCUT2D eigenvalue weighted by Crippen LogP contribution is 2.33. The lowest BCUT2D eigenvalue weighted by atomic mass is 10.1. The first-order valence-corrected chi connectivity index (χ1v) is 9.07. The molecule has 27 heavy (non-hydrogen) atoms. The van der Waals surface area contributed by atoms with Gasteiger partial charge in [-0.25, -0.2) is 4.98 Å². The van der Waals surface area contributed by atoms with E-state index < -0.39 is 0 Å². The van der Waals surface area contributed by atoms with Crippen molar-refractivity contribution >= 4 is 17.2 Å². The molecule has 2 aromatic carbocycles. The van der Waals surface area contributed by atoms with E-state index in [-0.39, 0.29) is 0 Å². The second-order valence-electron chi connectivity index (χ2n) is 7.00. The number of benzene rings is 2. The number of rotatable bonds is 3. The highest BCUT2D eigenvalue weighted by molar-refractivity contribution is 5.75. The molecule has 4 heteroatoms. The second-order valence-corrected chi connectivity index (χ2v) is 7.00. The van der Waals surface area contributed by atoms with Crippen LogP contribution in [0, 0.1) is 27.7 Å². The van der Waals surface area contributed by atoms with Gasteiger partial charge in [-0.15, -0.1) is 10.2 Å². The Morgan fingerprint density at radius 3 is 2.30 bits per heavy atom. The molecule has 0 radical (unpaired) electrons. The first-order chi connectivity index (χ1) is 13.0. The van der Waals surface area contributed by atoms with Crippen LogP contribution in [0.4, 0.5) is 11.5 Å². The van der Waals surface area contributed by atoms with Crippen LogP contribution in [0.25, 0.3) is 16.9 Å². The standard InChI is InChI=1S/C23H22N4/c1-15-9-12-19(13-10-15)22-23(27-18(4)6-5-7-21(27)24-22)26-25-20-14-16(2)8-11-17(20)3/h5-14H,1-4H3.